The first kappa shape index (κ1) is 13.3. The van der Waals surface area contributed by atoms with Gasteiger partial charge in [-0.05, 0) is 37.1 Å². The van der Waals surface area contributed by atoms with Gasteiger partial charge in [0, 0.05) is 18.9 Å². The van der Waals surface area contributed by atoms with Crippen molar-refractivity contribution in [2.45, 2.75) is 38.3 Å². The first-order valence-electron chi connectivity index (χ1n) is 6.43. The highest BCUT2D eigenvalue weighted by Gasteiger charge is 2.17. The van der Waals surface area contributed by atoms with E-state index in [9.17, 15) is 4.39 Å². The van der Waals surface area contributed by atoms with Crippen molar-refractivity contribution in [3.63, 3.8) is 0 Å². The van der Waals surface area contributed by atoms with Gasteiger partial charge in [-0.25, -0.2) is 4.39 Å². The van der Waals surface area contributed by atoms with Crippen LogP contribution < -0.4 is 10.5 Å². The Bertz CT molecular complexity index is 389. The van der Waals surface area contributed by atoms with Crippen molar-refractivity contribution in [2.24, 2.45) is 5.73 Å². The zero-order chi connectivity index (χ0) is 13.0. The SMILES string of the molecule is CC(N)Cc1cc(F)ccc1OC1CCOCC1. The smallest absolute Gasteiger partial charge is 0.123 e. The van der Waals surface area contributed by atoms with E-state index in [1.54, 1.807) is 6.07 Å². The minimum Gasteiger partial charge on any atom is -0.490 e. The minimum absolute atomic E-state index is 0.0103. The molecule has 1 aliphatic rings. The Kier molecular flexibility index (Phi) is 4.55. The maximum Gasteiger partial charge on any atom is 0.123 e. The molecule has 3 nitrogen and oxygen atoms in total. The Morgan fingerprint density at radius 2 is 2.17 bits per heavy atom. The number of ether oxygens (including phenoxy) is 2. The van der Waals surface area contributed by atoms with Crippen LogP contribution in [0.25, 0.3) is 0 Å². The van der Waals surface area contributed by atoms with Gasteiger partial charge in [0.05, 0.1) is 13.2 Å². The van der Waals surface area contributed by atoms with Crippen LogP contribution in [-0.2, 0) is 11.2 Å². The molecule has 0 aromatic heterocycles. The molecule has 1 aromatic carbocycles. The summed E-state index contributed by atoms with van der Waals surface area (Å²) in [6, 6.07) is 4.63. The van der Waals surface area contributed by atoms with Crippen molar-refractivity contribution in [3.8, 4) is 5.75 Å². The molecule has 1 heterocycles. The summed E-state index contributed by atoms with van der Waals surface area (Å²) in [6.07, 6.45) is 2.55. The van der Waals surface area contributed by atoms with Gasteiger partial charge in [0.15, 0.2) is 0 Å². The Morgan fingerprint density at radius 1 is 1.44 bits per heavy atom. The van der Waals surface area contributed by atoms with Gasteiger partial charge in [-0.2, -0.15) is 0 Å². The summed E-state index contributed by atoms with van der Waals surface area (Å²) in [6.45, 7) is 3.37. The van der Waals surface area contributed by atoms with Gasteiger partial charge >= 0.3 is 0 Å². The van der Waals surface area contributed by atoms with E-state index >= 15 is 0 Å². The molecular weight excluding hydrogens is 233 g/mol. The lowest BCUT2D eigenvalue weighted by Gasteiger charge is -2.25. The van der Waals surface area contributed by atoms with Gasteiger partial charge in [0.2, 0.25) is 0 Å². The summed E-state index contributed by atoms with van der Waals surface area (Å²) in [5, 5.41) is 0. The summed E-state index contributed by atoms with van der Waals surface area (Å²) in [5.74, 6) is 0.505. The maximum atomic E-state index is 13.3. The second-order valence-corrected chi connectivity index (χ2v) is 4.86. The number of rotatable bonds is 4. The highest BCUT2D eigenvalue weighted by molar-refractivity contribution is 5.34. The lowest BCUT2D eigenvalue weighted by atomic mass is 10.1. The van der Waals surface area contributed by atoms with E-state index in [0.29, 0.717) is 6.42 Å². The molecule has 2 rings (SSSR count). The van der Waals surface area contributed by atoms with Crippen LogP contribution in [0.4, 0.5) is 4.39 Å². The van der Waals surface area contributed by atoms with Crippen LogP contribution in [0.2, 0.25) is 0 Å². The van der Waals surface area contributed by atoms with Gasteiger partial charge in [0.1, 0.15) is 17.7 Å². The van der Waals surface area contributed by atoms with Crippen LogP contribution in [0, 0.1) is 5.82 Å². The predicted octanol–water partition coefficient (Wildman–Crippen LogP) is 2.27. The van der Waals surface area contributed by atoms with Crippen molar-refractivity contribution in [3.05, 3.63) is 29.6 Å². The average molecular weight is 253 g/mol. The fourth-order valence-corrected chi connectivity index (χ4v) is 2.14. The standard InChI is InChI=1S/C14H20FNO2/c1-10(16)8-11-9-12(15)2-3-14(11)18-13-4-6-17-7-5-13/h2-3,9-10,13H,4-8,16H2,1H3. The zero-order valence-electron chi connectivity index (χ0n) is 10.7. The topological polar surface area (TPSA) is 44.5 Å². The van der Waals surface area contributed by atoms with E-state index in [1.165, 1.54) is 12.1 Å². The third-order valence-electron chi connectivity index (χ3n) is 3.03. The summed E-state index contributed by atoms with van der Waals surface area (Å²) >= 11 is 0. The molecular formula is C14H20FNO2. The quantitative estimate of drug-likeness (QED) is 0.895. The molecule has 4 heteroatoms. The van der Waals surface area contributed by atoms with E-state index in [-0.39, 0.29) is 18.0 Å². The minimum atomic E-state index is -0.245. The summed E-state index contributed by atoms with van der Waals surface area (Å²) in [4.78, 5) is 0. The van der Waals surface area contributed by atoms with Crippen LogP contribution in [0.5, 0.6) is 5.75 Å². The molecule has 18 heavy (non-hydrogen) atoms. The molecule has 0 aliphatic carbocycles. The van der Waals surface area contributed by atoms with Crippen molar-refractivity contribution in [1.82, 2.24) is 0 Å². The molecule has 0 amide bonds. The lowest BCUT2D eigenvalue weighted by Crippen LogP contribution is -2.27. The molecule has 100 valence electrons. The Balaban J connectivity index is 2.09. The van der Waals surface area contributed by atoms with Crippen molar-refractivity contribution in [1.29, 1.82) is 0 Å². The third kappa shape index (κ3) is 3.68. The zero-order valence-corrected chi connectivity index (χ0v) is 10.7. The summed E-state index contributed by atoms with van der Waals surface area (Å²) in [7, 11) is 0. The Hall–Kier alpha value is -1.13. The summed E-state index contributed by atoms with van der Waals surface area (Å²) in [5.41, 5.74) is 6.62. The number of halogens is 1. The highest BCUT2D eigenvalue weighted by Crippen LogP contribution is 2.24. The fourth-order valence-electron chi connectivity index (χ4n) is 2.14. The molecule has 1 atom stereocenters. The van der Waals surface area contributed by atoms with E-state index in [1.807, 2.05) is 6.92 Å². The molecule has 0 radical (unpaired) electrons. The number of hydrogen-bond donors (Lipinski definition) is 1. The molecule has 1 saturated heterocycles. The van der Waals surface area contributed by atoms with Crippen LogP contribution >= 0.6 is 0 Å². The highest BCUT2D eigenvalue weighted by atomic mass is 19.1. The second kappa shape index (κ2) is 6.16. The Labute approximate surface area is 107 Å². The third-order valence-corrected chi connectivity index (χ3v) is 3.03. The van der Waals surface area contributed by atoms with Crippen LogP contribution in [0.15, 0.2) is 18.2 Å². The second-order valence-electron chi connectivity index (χ2n) is 4.86. The van der Waals surface area contributed by atoms with Gasteiger partial charge in [0.25, 0.3) is 0 Å². The van der Waals surface area contributed by atoms with Gasteiger partial charge in [-0.1, -0.05) is 0 Å². The van der Waals surface area contributed by atoms with Crippen LogP contribution in [-0.4, -0.2) is 25.4 Å². The number of benzene rings is 1. The largest absolute Gasteiger partial charge is 0.490 e. The first-order chi connectivity index (χ1) is 8.65. The lowest BCUT2D eigenvalue weighted by molar-refractivity contribution is 0.0251. The summed E-state index contributed by atoms with van der Waals surface area (Å²) < 4.78 is 24.5. The molecule has 2 N–H and O–H groups in total. The normalized spacial score (nSPS) is 18.6. The monoisotopic (exact) mass is 253 g/mol. The number of hydrogen-bond acceptors (Lipinski definition) is 3. The molecule has 1 unspecified atom stereocenters. The van der Waals surface area contributed by atoms with Crippen molar-refractivity contribution in [2.75, 3.05) is 13.2 Å². The molecule has 0 spiro atoms. The van der Waals surface area contributed by atoms with Gasteiger partial charge < -0.3 is 15.2 Å². The van der Waals surface area contributed by atoms with E-state index in [2.05, 4.69) is 0 Å². The maximum absolute atomic E-state index is 13.3. The fraction of sp³-hybridized carbons (Fsp3) is 0.571. The van der Waals surface area contributed by atoms with Crippen molar-refractivity contribution < 1.29 is 13.9 Å². The molecule has 0 bridgehead atoms. The van der Waals surface area contributed by atoms with E-state index in [4.69, 9.17) is 15.2 Å². The molecule has 1 aliphatic heterocycles. The van der Waals surface area contributed by atoms with Gasteiger partial charge in [-0.3, -0.25) is 0 Å². The molecule has 1 fully saturated rings. The van der Waals surface area contributed by atoms with E-state index in [0.717, 1.165) is 37.4 Å². The first-order valence-corrected chi connectivity index (χ1v) is 6.43. The van der Waals surface area contributed by atoms with Gasteiger partial charge in [-0.15, -0.1) is 0 Å². The average Bonchev–Trinajstić information content (AvgIpc) is 2.33. The van der Waals surface area contributed by atoms with E-state index < -0.39 is 0 Å². The molecule has 1 aromatic rings. The predicted molar refractivity (Wildman–Crippen MR) is 68.2 cm³/mol. The van der Waals surface area contributed by atoms with Crippen LogP contribution in [0.1, 0.15) is 25.3 Å². The van der Waals surface area contributed by atoms with Crippen LogP contribution in [0.3, 0.4) is 0 Å². The van der Waals surface area contributed by atoms with Crippen molar-refractivity contribution >= 4 is 0 Å². The molecule has 0 saturated carbocycles. The number of nitrogens with two attached hydrogens (primary N) is 1. The Morgan fingerprint density at radius 3 is 2.83 bits per heavy atom.